The number of carboxylic acids is 1. The molecule has 1 amide bonds. The van der Waals surface area contributed by atoms with Crippen molar-refractivity contribution in [1.29, 1.82) is 0 Å². The lowest BCUT2D eigenvalue weighted by Gasteiger charge is -2.08. The number of carbonyl (C=O) groups is 2. The van der Waals surface area contributed by atoms with Gasteiger partial charge in [0.25, 0.3) is 0 Å². The number of nitrogens with one attached hydrogen (secondary N) is 1. The van der Waals surface area contributed by atoms with Gasteiger partial charge in [-0.2, -0.15) is 0 Å². The van der Waals surface area contributed by atoms with E-state index in [2.05, 4.69) is 5.32 Å². The molecule has 1 atom stereocenters. The maximum Gasteiger partial charge on any atom is 0.412 e. The van der Waals surface area contributed by atoms with Crippen molar-refractivity contribution in [3.05, 3.63) is 30.3 Å². The van der Waals surface area contributed by atoms with Crippen LogP contribution in [0.5, 0.6) is 5.75 Å². The minimum Gasteiger partial charge on any atom is -0.480 e. The van der Waals surface area contributed by atoms with Gasteiger partial charge in [-0.3, -0.25) is 4.79 Å². The van der Waals surface area contributed by atoms with Crippen molar-refractivity contribution in [2.45, 2.75) is 6.04 Å². The second kappa shape index (κ2) is 5.72. The van der Waals surface area contributed by atoms with Crippen molar-refractivity contribution in [3.8, 4) is 5.75 Å². The van der Waals surface area contributed by atoms with E-state index in [0.29, 0.717) is 5.75 Å². The van der Waals surface area contributed by atoms with Crippen LogP contribution in [0.1, 0.15) is 0 Å². The topological polar surface area (TPSA) is 102 Å². The van der Waals surface area contributed by atoms with E-state index in [1.54, 1.807) is 30.3 Å². The van der Waals surface area contributed by atoms with Gasteiger partial charge in [-0.1, -0.05) is 18.2 Å². The summed E-state index contributed by atoms with van der Waals surface area (Å²) in [5, 5.41) is 10.7. The van der Waals surface area contributed by atoms with E-state index in [0.717, 1.165) is 0 Å². The molecule has 0 saturated carbocycles. The van der Waals surface area contributed by atoms with Crippen LogP contribution in [0.15, 0.2) is 30.3 Å². The van der Waals surface area contributed by atoms with Gasteiger partial charge < -0.3 is 20.9 Å². The number of para-hydroxylation sites is 1. The molecule has 1 aromatic carbocycles. The molecule has 6 heteroatoms. The predicted molar refractivity (Wildman–Crippen MR) is 56.1 cm³/mol. The summed E-state index contributed by atoms with van der Waals surface area (Å²) in [7, 11) is 0. The summed E-state index contributed by atoms with van der Waals surface area (Å²) in [5.74, 6) is -0.802. The summed E-state index contributed by atoms with van der Waals surface area (Å²) < 4.78 is 4.85. The van der Waals surface area contributed by atoms with E-state index >= 15 is 0 Å². The van der Waals surface area contributed by atoms with Crippen molar-refractivity contribution in [1.82, 2.24) is 5.32 Å². The smallest absolute Gasteiger partial charge is 0.412 e. The van der Waals surface area contributed by atoms with E-state index in [1.807, 2.05) is 0 Å². The fraction of sp³-hybridized carbons (Fsp3) is 0.200. The number of carboxylic acid groups (broad SMARTS) is 1. The molecular formula is C10H12N2O4. The molecule has 0 aliphatic carbocycles. The minimum atomic E-state index is -1.18. The number of ether oxygens (including phenoxy) is 1. The molecule has 0 aliphatic rings. The highest BCUT2D eigenvalue weighted by Crippen LogP contribution is 2.07. The molecule has 0 heterocycles. The van der Waals surface area contributed by atoms with Crippen LogP contribution in [0, 0.1) is 0 Å². The van der Waals surface area contributed by atoms with Gasteiger partial charge in [0.15, 0.2) is 0 Å². The molecule has 0 radical (unpaired) electrons. The fourth-order valence-corrected chi connectivity index (χ4v) is 0.912. The van der Waals surface area contributed by atoms with Crippen molar-refractivity contribution >= 4 is 12.1 Å². The zero-order valence-electron chi connectivity index (χ0n) is 8.42. The number of rotatable bonds is 4. The molecule has 0 aliphatic heterocycles. The molecule has 1 rings (SSSR count). The summed E-state index contributed by atoms with van der Waals surface area (Å²) in [5.41, 5.74) is 5.19. The van der Waals surface area contributed by atoms with E-state index in [4.69, 9.17) is 15.6 Å². The molecule has 6 nitrogen and oxygen atoms in total. The fourth-order valence-electron chi connectivity index (χ4n) is 0.912. The van der Waals surface area contributed by atoms with Crippen LogP contribution in [-0.2, 0) is 4.79 Å². The normalized spacial score (nSPS) is 11.6. The third-order valence-corrected chi connectivity index (χ3v) is 1.74. The molecule has 1 aromatic rings. The lowest BCUT2D eigenvalue weighted by molar-refractivity contribution is -0.138. The number of hydrogen-bond donors (Lipinski definition) is 3. The number of amides is 1. The quantitative estimate of drug-likeness (QED) is 0.677. The summed E-state index contributed by atoms with van der Waals surface area (Å²) >= 11 is 0. The van der Waals surface area contributed by atoms with Crippen molar-refractivity contribution < 1.29 is 19.4 Å². The summed E-state index contributed by atoms with van der Waals surface area (Å²) in [4.78, 5) is 21.5. The van der Waals surface area contributed by atoms with Gasteiger partial charge in [-0.15, -0.1) is 0 Å². The summed E-state index contributed by atoms with van der Waals surface area (Å²) in [6, 6.07) is 7.29. The number of carbonyl (C=O) groups excluding carboxylic acids is 1. The van der Waals surface area contributed by atoms with Gasteiger partial charge in [0, 0.05) is 6.54 Å². The second-order valence-electron chi connectivity index (χ2n) is 3.03. The first-order chi connectivity index (χ1) is 7.59. The first-order valence-electron chi connectivity index (χ1n) is 4.58. The first-order valence-corrected chi connectivity index (χ1v) is 4.58. The van der Waals surface area contributed by atoms with E-state index in [1.165, 1.54) is 0 Å². The van der Waals surface area contributed by atoms with Crippen molar-refractivity contribution in [2.75, 3.05) is 6.54 Å². The minimum absolute atomic E-state index is 0.180. The average molecular weight is 224 g/mol. The SMILES string of the molecule is NC(CNC(=O)Oc1ccccc1)C(=O)O. The summed E-state index contributed by atoms with van der Waals surface area (Å²) in [6.45, 7) is -0.180. The van der Waals surface area contributed by atoms with Crippen LogP contribution in [-0.4, -0.2) is 29.8 Å². The highest BCUT2D eigenvalue weighted by molar-refractivity contribution is 5.75. The van der Waals surface area contributed by atoms with Crippen molar-refractivity contribution in [2.24, 2.45) is 5.73 Å². The van der Waals surface area contributed by atoms with Crippen LogP contribution in [0.3, 0.4) is 0 Å². The Morgan fingerprint density at radius 3 is 2.56 bits per heavy atom. The Morgan fingerprint density at radius 2 is 2.00 bits per heavy atom. The Hall–Kier alpha value is -2.08. The molecule has 1 unspecified atom stereocenters. The van der Waals surface area contributed by atoms with E-state index < -0.39 is 18.1 Å². The molecule has 0 saturated heterocycles. The van der Waals surface area contributed by atoms with Gasteiger partial charge in [0.1, 0.15) is 11.8 Å². The Bertz CT molecular complexity index is 366. The predicted octanol–water partition coefficient (Wildman–Crippen LogP) is 0.187. The highest BCUT2D eigenvalue weighted by atomic mass is 16.6. The van der Waals surface area contributed by atoms with Gasteiger partial charge >= 0.3 is 12.1 Å². The number of nitrogens with two attached hydrogens (primary N) is 1. The molecule has 16 heavy (non-hydrogen) atoms. The first kappa shape index (κ1) is 12.0. The second-order valence-corrected chi connectivity index (χ2v) is 3.03. The highest BCUT2D eigenvalue weighted by Gasteiger charge is 2.13. The Kier molecular flexibility index (Phi) is 4.28. The number of hydrogen-bond acceptors (Lipinski definition) is 4. The zero-order valence-corrected chi connectivity index (χ0v) is 8.42. The van der Waals surface area contributed by atoms with Gasteiger partial charge in [0.05, 0.1) is 0 Å². The number of benzene rings is 1. The van der Waals surface area contributed by atoms with Crippen LogP contribution in [0.25, 0.3) is 0 Å². The third kappa shape index (κ3) is 3.97. The maximum absolute atomic E-state index is 11.2. The number of aliphatic carboxylic acids is 1. The largest absolute Gasteiger partial charge is 0.480 e. The molecule has 0 spiro atoms. The van der Waals surface area contributed by atoms with Gasteiger partial charge in [0.2, 0.25) is 0 Å². The van der Waals surface area contributed by atoms with Crippen LogP contribution >= 0.6 is 0 Å². The Morgan fingerprint density at radius 1 is 1.38 bits per heavy atom. The van der Waals surface area contributed by atoms with E-state index in [9.17, 15) is 9.59 Å². The zero-order chi connectivity index (χ0) is 12.0. The molecular weight excluding hydrogens is 212 g/mol. The monoisotopic (exact) mass is 224 g/mol. The standard InChI is InChI=1S/C10H12N2O4/c11-8(9(13)14)6-12-10(15)16-7-4-2-1-3-5-7/h1-5,8H,6,11H2,(H,12,15)(H,13,14). The Balaban J connectivity index is 2.35. The Labute approximate surface area is 92.0 Å². The van der Waals surface area contributed by atoms with Gasteiger partial charge in [-0.05, 0) is 12.1 Å². The molecule has 4 N–H and O–H groups in total. The lowest BCUT2D eigenvalue weighted by atomic mass is 10.3. The molecule has 0 aromatic heterocycles. The summed E-state index contributed by atoms with van der Waals surface area (Å²) in [6.07, 6.45) is -0.733. The molecule has 86 valence electrons. The third-order valence-electron chi connectivity index (χ3n) is 1.74. The molecule has 0 fully saturated rings. The van der Waals surface area contributed by atoms with Crippen molar-refractivity contribution in [3.63, 3.8) is 0 Å². The van der Waals surface area contributed by atoms with Crippen LogP contribution in [0.2, 0.25) is 0 Å². The lowest BCUT2D eigenvalue weighted by Crippen LogP contribution is -2.43. The van der Waals surface area contributed by atoms with Gasteiger partial charge in [-0.25, -0.2) is 4.79 Å². The van der Waals surface area contributed by atoms with Crippen LogP contribution < -0.4 is 15.8 Å². The molecule has 0 bridgehead atoms. The average Bonchev–Trinajstić information content (AvgIpc) is 2.27. The van der Waals surface area contributed by atoms with Crippen LogP contribution in [0.4, 0.5) is 4.79 Å². The van der Waals surface area contributed by atoms with E-state index in [-0.39, 0.29) is 6.54 Å². The maximum atomic E-state index is 11.2.